The van der Waals surface area contributed by atoms with Gasteiger partial charge < -0.3 is 10.1 Å². The third-order valence-electron chi connectivity index (χ3n) is 5.37. The first-order chi connectivity index (χ1) is 15.6. The molecule has 7 nitrogen and oxygen atoms in total. The van der Waals surface area contributed by atoms with Crippen LogP contribution in [0.4, 0.5) is 13.2 Å². The molecule has 1 fully saturated rings. The highest BCUT2D eigenvalue weighted by atomic mass is 32.1. The Balaban J connectivity index is 1.75. The van der Waals surface area contributed by atoms with Crippen molar-refractivity contribution in [2.75, 3.05) is 13.1 Å². The summed E-state index contributed by atoms with van der Waals surface area (Å²) in [5, 5.41) is 2.40. The van der Waals surface area contributed by atoms with Crippen molar-refractivity contribution in [3.8, 4) is 0 Å². The van der Waals surface area contributed by atoms with E-state index >= 15 is 0 Å². The van der Waals surface area contributed by atoms with Crippen LogP contribution < -0.4 is 5.32 Å². The Morgan fingerprint density at radius 1 is 1.12 bits per heavy atom. The van der Waals surface area contributed by atoms with Crippen LogP contribution in [0.3, 0.4) is 0 Å². The van der Waals surface area contributed by atoms with Crippen LogP contribution in [0.15, 0.2) is 54.9 Å². The molecule has 0 bridgehead atoms. The molecule has 2 heterocycles. The highest BCUT2D eigenvalue weighted by Crippen LogP contribution is 2.34. The monoisotopic (exact) mass is 481 g/mol. The smallest absolute Gasteiger partial charge is 0.385 e. The third-order valence-corrected chi connectivity index (χ3v) is 6.07. The second-order valence-electron chi connectivity index (χ2n) is 7.72. The fraction of sp³-hybridized carbons (Fsp3) is 0.364. The van der Waals surface area contributed by atoms with Crippen molar-refractivity contribution in [1.29, 1.82) is 0 Å². The molecular weight excluding hydrogens is 459 g/mol. The van der Waals surface area contributed by atoms with E-state index in [0.29, 0.717) is 19.6 Å². The van der Waals surface area contributed by atoms with Gasteiger partial charge in [0.25, 0.3) is 5.91 Å². The van der Waals surface area contributed by atoms with Crippen molar-refractivity contribution in [2.45, 2.75) is 36.4 Å². The first-order valence-electron chi connectivity index (χ1n) is 10.1. The quantitative estimate of drug-likeness (QED) is 0.375. The van der Waals surface area contributed by atoms with Crippen molar-refractivity contribution in [3.05, 3.63) is 66.0 Å². The molecule has 1 aliphatic rings. The van der Waals surface area contributed by atoms with E-state index in [9.17, 15) is 27.6 Å². The number of nitrogens with zero attached hydrogens (tertiary/aromatic N) is 2. The first-order valence-corrected chi connectivity index (χ1v) is 10.6. The number of hydrogen-bond acceptors (Lipinski definition) is 7. The number of thiol groups is 1. The number of halogens is 3. The van der Waals surface area contributed by atoms with Crippen molar-refractivity contribution < 1.29 is 32.3 Å². The fourth-order valence-electron chi connectivity index (χ4n) is 3.56. The first kappa shape index (κ1) is 24.7. The molecule has 176 valence electrons. The molecular formula is C22H22F3N3O4S. The Labute approximate surface area is 193 Å². The van der Waals surface area contributed by atoms with Crippen molar-refractivity contribution in [2.24, 2.45) is 0 Å². The summed E-state index contributed by atoms with van der Waals surface area (Å²) in [4.78, 5) is 42.4. The topological polar surface area (TPSA) is 88.6 Å². The Morgan fingerprint density at radius 3 is 2.36 bits per heavy atom. The van der Waals surface area contributed by atoms with Crippen molar-refractivity contribution in [1.82, 2.24) is 15.2 Å². The molecule has 1 amide bonds. The Kier molecular flexibility index (Phi) is 7.75. The maximum Gasteiger partial charge on any atom is 0.491 e. The van der Waals surface area contributed by atoms with Gasteiger partial charge in [-0.25, -0.2) is 9.59 Å². The predicted octanol–water partition coefficient (Wildman–Crippen LogP) is 2.78. The highest BCUT2D eigenvalue weighted by Gasteiger charge is 2.48. The molecule has 0 aliphatic carbocycles. The molecule has 0 radical (unpaired) electrons. The zero-order valence-electron chi connectivity index (χ0n) is 17.4. The van der Waals surface area contributed by atoms with Gasteiger partial charge in [-0.15, -0.1) is 0 Å². The molecule has 0 saturated carbocycles. The predicted molar refractivity (Wildman–Crippen MR) is 115 cm³/mol. The lowest BCUT2D eigenvalue weighted by atomic mass is 9.87. The molecule has 2 aromatic rings. The van der Waals surface area contributed by atoms with E-state index in [4.69, 9.17) is 0 Å². The lowest BCUT2D eigenvalue weighted by molar-refractivity contribution is -0.202. The van der Waals surface area contributed by atoms with E-state index in [1.165, 1.54) is 24.5 Å². The largest absolute Gasteiger partial charge is 0.491 e. The molecule has 33 heavy (non-hydrogen) atoms. The van der Waals surface area contributed by atoms with Gasteiger partial charge in [-0.3, -0.25) is 14.7 Å². The van der Waals surface area contributed by atoms with Crippen LogP contribution in [0.25, 0.3) is 0 Å². The number of piperidine rings is 1. The summed E-state index contributed by atoms with van der Waals surface area (Å²) in [6.07, 6.45) is -2.15. The lowest BCUT2D eigenvalue weighted by Crippen LogP contribution is -2.59. The van der Waals surface area contributed by atoms with E-state index in [0.717, 1.165) is 5.56 Å². The van der Waals surface area contributed by atoms with E-state index in [1.807, 2.05) is 30.3 Å². The number of pyridine rings is 1. The van der Waals surface area contributed by atoms with Gasteiger partial charge in [-0.1, -0.05) is 30.3 Å². The maximum absolute atomic E-state index is 12.6. The summed E-state index contributed by atoms with van der Waals surface area (Å²) in [6, 6.07) is 11.0. The van der Waals surface area contributed by atoms with Gasteiger partial charge >= 0.3 is 18.1 Å². The van der Waals surface area contributed by atoms with Gasteiger partial charge in [-0.2, -0.15) is 25.8 Å². The van der Waals surface area contributed by atoms with Crippen LogP contribution in [-0.4, -0.2) is 57.8 Å². The average Bonchev–Trinajstić information content (AvgIpc) is 2.79. The number of aromatic nitrogens is 1. The number of rotatable bonds is 6. The summed E-state index contributed by atoms with van der Waals surface area (Å²) in [6.45, 7) is 1.59. The number of carbonyl (C=O) groups excluding carboxylic acids is 3. The van der Waals surface area contributed by atoms with E-state index in [-0.39, 0.29) is 18.4 Å². The van der Waals surface area contributed by atoms with Crippen LogP contribution in [0, 0.1) is 0 Å². The van der Waals surface area contributed by atoms with Gasteiger partial charge in [0.15, 0.2) is 0 Å². The minimum absolute atomic E-state index is 0.0934. The lowest BCUT2D eigenvalue weighted by Gasteiger charge is -2.42. The molecule has 3 rings (SSSR count). The van der Waals surface area contributed by atoms with Gasteiger partial charge in [0.05, 0.1) is 5.56 Å². The van der Waals surface area contributed by atoms with Crippen LogP contribution in [0.2, 0.25) is 0 Å². The third kappa shape index (κ3) is 6.55. The number of likely N-dealkylation sites (tertiary alicyclic amines) is 1. The SMILES string of the molecule is O=C(N[C@@H](C(=O)OC(=O)C(F)(F)F)C1(S)CCN(Cc2ccccc2)CC1)c1cccnc1. The fourth-order valence-corrected chi connectivity index (χ4v) is 3.93. The maximum atomic E-state index is 12.6. The number of benzene rings is 1. The average molecular weight is 481 g/mol. The summed E-state index contributed by atoms with van der Waals surface area (Å²) in [5.41, 5.74) is 1.18. The molecule has 11 heteroatoms. The Bertz CT molecular complexity index is 981. The molecule has 1 aromatic carbocycles. The number of carbonyl (C=O) groups is 3. The molecule has 1 N–H and O–H groups in total. The summed E-state index contributed by atoms with van der Waals surface area (Å²) < 4.78 is 40.8. The van der Waals surface area contributed by atoms with Crippen LogP contribution in [0.5, 0.6) is 0 Å². The number of amides is 1. The zero-order chi connectivity index (χ0) is 24.1. The molecule has 0 spiro atoms. The summed E-state index contributed by atoms with van der Waals surface area (Å²) in [7, 11) is 0. The van der Waals surface area contributed by atoms with Crippen LogP contribution >= 0.6 is 12.6 Å². The summed E-state index contributed by atoms with van der Waals surface area (Å²) in [5.74, 6) is -4.91. The van der Waals surface area contributed by atoms with Crippen LogP contribution in [-0.2, 0) is 20.9 Å². The molecule has 1 atom stereocenters. The molecule has 1 aromatic heterocycles. The number of esters is 2. The van der Waals surface area contributed by atoms with E-state index in [2.05, 4.69) is 32.6 Å². The molecule has 1 saturated heterocycles. The second kappa shape index (κ2) is 10.3. The minimum atomic E-state index is -5.35. The number of hydrogen-bond donors (Lipinski definition) is 2. The van der Waals surface area contributed by atoms with Gasteiger partial charge in [0.1, 0.15) is 6.04 Å². The summed E-state index contributed by atoms with van der Waals surface area (Å²) >= 11 is 4.58. The number of ether oxygens (including phenoxy) is 1. The van der Waals surface area contributed by atoms with Crippen molar-refractivity contribution in [3.63, 3.8) is 0 Å². The number of nitrogens with one attached hydrogen (secondary N) is 1. The number of alkyl halides is 3. The van der Waals surface area contributed by atoms with Crippen molar-refractivity contribution >= 4 is 30.5 Å². The second-order valence-corrected chi connectivity index (χ2v) is 8.61. The zero-order valence-corrected chi connectivity index (χ0v) is 18.3. The highest BCUT2D eigenvalue weighted by molar-refractivity contribution is 7.82. The van der Waals surface area contributed by atoms with E-state index in [1.54, 1.807) is 0 Å². The van der Waals surface area contributed by atoms with Gasteiger partial charge in [-0.05, 0) is 43.6 Å². The normalized spacial score (nSPS) is 17.1. The van der Waals surface area contributed by atoms with Crippen LogP contribution in [0.1, 0.15) is 28.8 Å². The molecule has 1 aliphatic heterocycles. The Morgan fingerprint density at radius 2 is 1.79 bits per heavy atom. The molecule has 0 unspecified atom stereocenters. The van der Waals surface area contributed by atoms with E-state index < -0.39 is 34.8 Å². The van der Waals surface area contributed by atoms with Gasteiger partial charge in [0.2, 0.25) is 0 Å². The minimum Gasteiger partial charge on any atom is -0.385 e. The van der Waals surface area contributed by atoms with Gasteiger partial charge in [0, 0.05) is 23.7 Å². The Hall–Kier alpha value is -2.92. The standard InChI is InChI=1S/C22H22F3N3O4S/c23-22(24,25)20(31)32-19(30)17(27-18(29)16-7-4-10-26-13-16)21(33)8-11-28(12-9-21)14-15-5-2-1-3-6-15/h1-7,10,13,17,33H,8-9,11-12,14H2,(H,27,29)/t17-/m0/s1.